The Morgan fingerprint density at radius 2 is 1.07 bits per heavy atom. The first-order valence-corrected chi connectivity index (χ1v) is 19.7. The van der Waals surface area contributed by atoms with Gasteiger partial charge in [-0.15, -0.1) is 0 Å². The van der Waals surface area contributed by atoms with Crippen LogP contribution in [0.1, 0.15) is 77.6 Å². The van der Waals surface area contributed by atoms with Gasteiger partial charge in [0.25, 0.3) is 0 Å². The Balaban J connectivity index is 1.35. The van der Waals surface area contributed by atoms with E-state index in [0.717, 1.165) is 27.9 Å². The fourth-order valence-corrected chi connectivity index (χ4v) is 9.53. The Hall–Kier alpha value is -5.86. The van der Waals surface area contributed by atoms with Gasteiger partial charge in [0.05, 0.1) is 16.8 Å². The van der Waals surface area contributed by atoms with Crippen LogP contribution in [-0.4, -0.2) is 0 Å². The fraction of sp³-hybridized carbons (Fsp3) is 0.208. The number of furan rings is 1. The minimum Gasteiger partial charge on any atom is -0.456 e. The van der Waals surface area contributed by atoms with Crippen LogP contribution in [0.2, 0.25) is 0 Å². The molecule has 8 aromatic carbocycles. The largest absolute Gasteiger partial charge is 0.456 e. The topological polar surface area (TPSA) is 16.4 Å². The first kappa shape index (κ1) is 33.7. The van der Waals surface area contributed by atoms with Gasteiger partial charge in [0.15, 0.2) is 0 Å². The molecule has 0 amide bonds. The fourth-order valence-electron chi connectivity index (χ4n) is 9.53. The molecule has 1 heterocycles. The zero-order chi connectivity index (χ0) is 38.0. The number of hydrogen-bond donors (Lipinski definition) is 0. The summed E-state index contributed by atoms with van der Waals surface area (Å²) >= 11 is 0. The molecule has 0 bridgehead atoms. The zero-order valence-corrected chi connectivity index (χ0v) is 33.1. The summed E-state index contributed by atoms with van der Waals surface area (Å²) in [5, 5.41) is 9.93. The van der Waals surface area contributed by atoms with Crippen molar-refractivity contribution in [2.45, 2.75) is 71.6 Å². The average molecular weight is 714 g/mol. The van der Waals surface area contributed by atoms with Crippen LogP contribution in [0.5, 0.6) is 0 Å². The van der Waals surface area contributed by atoms with E-state index in [9.17, 15) is 0 Å². The third-order valence-electron chi connectivity index (χ3n) is 12.3. The second-order valence-electron chi connectivity index (χ2n) is 18.2. The van der Waals surface area contributed by atoms with Crippen molar-refractivity contribution in [2.24, 2.45) is 0 Å². The summed E-state index contributed by atoms with van der Waals surface area (Å²) in [5.41, 5.74) is 12.8. The summed E-state index contributed by atoms with van der Waals surface area (Å²) in [6, 6.07) is 52.0. The molecule has 0 fully saturated rings. The monoisotopic (exact) mass is 713 g/mol. The minimum atomic E-state index is -0.217. The van der Waals surface area contributed by atoms with Gasteiger partial charge < -0.3 is 9.32 Å². The molecule has 0 radical (unpaired) electrons. The number of fused-ring (bicyclic) bond motifs is 12. The number of nitrogens with zero attached hydrogens (tertiary/aromatic N) is 1. The minimum absolute atomic E-state index is 0.0371. The molecular weight excluding hydrogens is 667 g/mol. The van der Waals surface area contributed by atoms with Crippen LogP contribution in [0, 0.1) is 0 Å². The molecular formula is C53H47NO. The van der Waals surface area contributed by atoms with E-state index in [-0.39, 0.29) is 16.2 Å². The third-order valence-corrected chi connectivity index (χ3v) is 12.3. The summed E-state index contributed by atoms with van der Waals surface area (Å²) in [6.45, 7) is 18.6. The molecule has 0 aliphatic heterocycles. The first-order chi connectivity index (χ1) is 26.3. The van der Waals surface area contributed by atoms with Gasteiger partial charge >= 0.3 is 0 Å². The number of anilines is 3. The molecule has 270 valence electrons. The zero-order valence-electron chi connectivity index (χ0n) is 33.1. The molecule has 55 heavy (non-hydrogen) atoms. The molecule has 0 saturated carbocycles. The maximum atomic E-state index is 6.97. The van der Waals surface area contributed by atoms with Crippen molar-refractivity contribution in [1.82, 2.24) is 0 Å². The van der Waals surface area contributed by atoms with Crippen LogP contribution in [0.25, 0.3) is 65.4 Å². The Morgan fingerprint density at radius 3 is 1.75 bits per heavy atom. The molecule has 0 atom stereocenters. The molecule has 0 N–H and O–H groups in total. The van der Waals surface area contributed by atoms with Gasteiger partial charge in [-0.05, 0) is 107 Å². The summed E-state index contributed by atoms with van der Waals surface area (Å²) in [4.78, 5) is 2.54. The first-order valence-electron chi connectivity index (χ1n) is 19.7. The summed E-state index contributed by atoms with van der Waals surface area (Å²) < 4.78 is 6.97. The lowest BCUT2D eigenvalue weighted by atomic mass is 9.79. The highest BCUT2D eigenvalue weighted by Gasteiger charge is 2.39. The van der Waals surface area contributed by atoms with E-state index in [4.69, 9.17) is 4.42 Å². The molecule has 2 heteroatoms. The van der Waals surface area contributed by atoms with Gasteiger partial charge in [0.2, 0.25) is 0 Å². The summed E-state index contributed by atoms with van der Waals surface area (Å²) in [7, 11) is 0. The number of hydrogen-bond acceptors (Lipinski definition) is 2. The molecule has 2 nitrogen and oxygen atoms in total. The van der Waals surface area contributed by atoms with Gasteiger partial charge in [0.1, 0.15) is 11.2 Å². The number of rotatable bonds is 3. The third kappa shape index (κ3) is 4.93. The van der Waals surface area contributed by atoms with E-state index in [2.05, 4.69) is 200 Å². The molecule has 1 aliphatic carbocycles. The lowest BCUT2D eigenvalue weighted by Crippen LogP contribution is -2.20. The maximum absolute atomic E-state index is 6.97. The van der Waals surface area contributed by atoms with E-state index < -0.39 is 0 Å². The van der Waals surface area contributed by atoms with E-state index in [1.165, 1.54) is 76.8 Å². The van der Waals surface area contributed by atoms with Crippen molar-refractivity contribution in [2.75, 3.05) is 4.90 Å². The van der Waals surface area contributed by atoms with E-state index >= 15 is 0 Å². The molecule has 0 unspecified atom stereocenters. The van der Waals surface area contributed by atoms with Crippen molar-refractivity contribution in [3.63, 3.8) is 0 Å². The highest BCUT2D eigenvalue weighted by molar-refractivity contribution is 6.26. The Morgan fingerprint density at radius 1 is 0.491 bits per heavy atom. The van der Waals surface area contributed by atoms with Crippen LogP contribution in [0.4, 0.5) is 17.1 Å². The van der Waals surface area contributed by atoms with Crippen LogP contribution >= 0.6 is 0 Å². The molecule has 9 aromatic rings. The molecule has 1 aromatic heterocycles. The quantitative estimate of drug-likeness (QED) is 0.170. The smallest absolute Gasteiger partial charge is 0.139 e. The second kappa shape index (κ2) is 11.6. The lowest BCUT2D eigenvalue weighted by molar-refractivity contribution is 0.559. The van der Waals surface area contributed by atoms with E-state index in [1.807, 2.05) is 0 Å². The van der Waals surface area contributed by atoms with Crippen LogP contribution < -0.4 is 4.90 Å². The van der Waals surface area contributed by atoms with Crippen molar-refractivity contribution in [3.8, 4) is 11.1 Å². The molecule has 0 saturated heterocycles. The van der Waals surface area contributed by atoms with Crippen LogP contribution in [-0.2, 0) is 16.2 Å². The highest BCUT2D eigenvalue weighted by atomic mass is 16.3. The van der Waals surface area contributed by atoms with E-state index in [0.29, 0.717) is 0 Å². The van der Waals surface area contributed by atoms with Gasteiger partial charge in [0, 0.05) is 22.1 Å². The Labute approximate surface area is 324 Å². The Bertz CT molecular complexity index is 3000. The predicted octanol–water partition coefficient (Wildman–Crippen LogP) is 15.4. The second-order valence-corrected chi connectivity index (χ2v) is 18.2. The van der Waals surface area contributed by atoms with Crippen LogP contribution in [0.3, 0.4) is 0 Å². The van der Waals surface area contributed by atoms with Crippen molar-refractivity contribution in [1.29, 1.82) is 0 Å². The summed E-state index contributed by atoms with van der Waals surface area (Å²) in [5.74, 6) is 0. The number of benzene rings is 8. The molecule has 1 aliphatic rings. The lowest BCUT2D eigenvalue weighted by Gasteiger charge is -2.33. The summed E-state index contributed by atoms with van der Waals surface area (Å²) in [6.07, 6.45) is 0. The standard InChI is InChI=1S/C53H47NO/c1-51(2,3)32-29-42-48-45(24-16-26-47(48)55-50(42)44(30-32)52(4,5)6)54(46-25-15-22-40-39-21-13-14-23-43(39)53(7,8)49(40)46)33-27-28-38-36-19-10-9-17-34(36)35-18-11-12-20-37(35)41(38)31-33/h9-31H,1-8H3. The van der Waals surface area contributed by atoms with Gasteiger partial charge in [-0.25, -0.2) is 0 Å². The van der Waals surface area contributed by atoms with Crippen molar-refractivity contribution >= 4 is 71.3 Å². The van der Waals surface area contributed by atoms with Gasteiger partial charge in [-0.3, -0.25) is 0 Å². The SMILES string of the molecule is CC(C)(C)c1cc(C(C)(C)C)c2oc3cccc(N(c4ccc5c6ccccc6c6ccccc6c5c4)c4cccc5c4C(C)(C)c4ccccc4-5)c3c2c1. The van der Waals surface area contributed by atoms with E-state index in [1.54, 1.807) is 0 Å². The van der Waals surface area contributed by atoms with Crippen molar-refractivity contribution in [3.05, 3.63) is 162 Å². The average Bonchev–Trinajstić information content (AvgIpc) is 3.67. The molecule has 0 spiro atoms. The maximum Gasteiger partial charge on any atom is 0.139 e. The predicted molar refractivity (Wildman–Crippen MR) is 236 cm³/mol. The highest BCUT2D eigenvalue weighted by Crippen LogP contribution is 2.56. The van der Waals surface area contributed by atoms with Crippen LogP contribution in [0.15, 0.2) is 144 Å². The normalized spacial score (nSPS) is 14.0. The molecule has 10 rings (SSSR count). The van der Waals surface area contributed by atoms with Crippen molar-refractivity contribution < 1.29 is 4.42 Å². The van der Waals surface area contributed by atoms with Gasteiger partial charge in [-0.2, -0.15) is 0 Å². The Kier molecular flexibility index (Phi) is 7.09. The van der Waals surface area contributed by atoms with Gasteiger partial charge in [-0.1, -0.05) is 159 Å².